The molecule has 3 aliphatic heterocycles. The van der Waals surface area contributed by atoms with Gasteiger partial charge in [-0.15, -0.1) is 0 Å². The highest BCUT2D eigenvalue weighted by Crippen LogP contribution is 2.37. The van der Waals surface area contributed by atoms with Gasteiger partial charge in [-0.1, -0.05) is 6.92 Å². The first-order valence-corrected chi connectivity index (χ1v) is 8.69. The summed E-state index contributed by atoms with van der Waals surface area (Å²) in [5.41, 5.74) is 0.113. The van der Waals surface area contributed by atoms with E-state index in [0.29, 0.717) is 6.04 Å². The molecule has 3 aliphatic rings. The van der Waals surface area contributed by atoms with E-state index in [9.17, 15) is 0 Å². The summed E-state index contributed by atoms with van der Waals surface area (Å²) in [7, 11) is 2.33. The predicted octanol–water partition coefficient (Wildman–Crippen LogP) is 2.80. The monoisotopic (exact) mass is 280 g/mol. The van der Waals surface area contributed by atoms with Crippen LogP contribution in [0.25, 0.3) is 0 Å². The Kier molecular flexibility index (Phi) is 4.40. The Bertz CT molecular complexity index is 319. The third-order valence-electron chi connectivity index (χ3n) is 6.23. The second-order valence-corrected chi connectivity index (χ2v) is 7.64. The predicted molar refractivity (Wildman–Crippen MR) is 83.0 cm³/mol. The molecule has 0 aromatic heterocycles. The van der Waals surface area contributed by atoms with Crippen molar-refractivity contribution in [1.29, 1.82) is 0 Å². The van der Waals surface area contributed by atoms with Crippen LogP contribution in [0.1, 0.15) is 58.8 Å². The summed E-state index contributed by atoms with van der Waals surface area (Å²) in [6, 6.07) is 2.42. The fraction of sp³-hybridized carbons (Fsp3) is 1.00. The summed E-state index contributed by atoms with van der Waals surface area (Å²) in [5, 5.41) is 3.87. The number of fused-ring (bicyclic) bond motifs is 2. The number of hydrogen-bond acceptors (Lipinski definition) is 3. The summed E-state index contributed by atoms with van der Waals surface area (Å²) >= 11 is 0. The summed E-state index contributed by atoms with van der Waals surface area (Å²) < 4.78 is 5.95. The lowest BCUT2D eigenvalue weighted by Crippen LogP contribution is -2.48. The van der Waals surface area contributed by atoms with E-state index < -0.39 is 0 Å². The van der Waals surface area contributed by atoms with Crippen LogP contribution < -0.4 is 5.32 Å². The van der Waals surface area contributed by atoms with Crippen LogP contribution in [0, 0.1) is 5.92 Å². The molecule has 20 heavy (non-hydrogen) atoms. The van der Waals surface area contributed by atoms with Gasteiger partial charge in [-0.3, -0.25) is 0 Å². The maximum atomic E-state index is 5.95. The molecule has 3 fully saturated rings. The largest absolute Gasteiger partial charge is 0.375 e. The maximum Gasteiger partial charge on any atom is 0.0666 e. The molecule has 0 saturated carbocycles. The lowest BCUT2D eigenvalue weighted by molar-refractivity contribution is -0.0784. The van der Waals surface area contributed by atoms with E-state index in [-0.39, 0.29) is 5.60 Å². The fourth-order valence-corrected chi connectivity index (χ4v) is 4.57. The van der Waals surface area contributed by atoms with Gasteiger partial charge < -0.3 is 15.0 Å². The molecule has 1 N–H and O–H groups in total. The van der Waals surface area contributed by atoms with Crippen molar-refractivity contribution in [2.75, 3.05) is 20.2 Å². The third kappa shape index (κ3) is 3.05. The molecule has 2 bridgehead atoms. The smallest absolute Gasteiger partial charge is 0.0666 e. The van der Waals surface area contributed by atoms with Crippen LogP contribution >= 0.6 is 0 Å². The van der Waals surface area contributed by atoms with Gasteiger partial charge in [0.15, 0.2) is 0 Å². The number of nitrogens with zero attached hydrogens (tertiary/aromatic N) is 1. The first-order chi connectivity index (χ1) is 9.59. The minimum Gasteiger partial charge on any atom is -0.375 e. The standard InChI is InChI=1S/C17H32N2O/c1-4-17(2)11-14(7-8-20-17)18-12-13-9-15-5-6-16(10-13)19(15)3/h13-16,18H,4-12H2,1-3H3. The second-order valence-electron chi connectivity index (χ2n) is 7.64. The van der Waals surface area contributed by atoms with Crippen LogP contribution in [0.5, 0.6) is 0 Å². The van der Waals surface area contributed by atoms with E-state index in [1.54, 1.807) is 0 Å². The first kappa shape index (κ1) is 14.8. The number of ether oxygens (including phenoxy) is 1. The van der Waals surface area contributed by atoms with Gasteiger partial charge in [0.1, 0.15) is 0 Å². The normalized spacial score (nSPS) is 45.8. The third-order valence-corrected chi connectivity index (χ3v) is 6.23. The number of nitrogens with one attached hydrogen (secondary N) is 1. The number of piperidine rings is 1. The highest BCUT2D eigenvalue weighted by Gasteiger charge is 2.38. The Morgan fingerprint density at radius 1 is 1.20 bits per heavy atom. The molecule has 0 aromatic carbocycles. The van der Waals surface area contributed by atoms with Gasteiger partial charge in [-0.05, 0) is 71.4 Å². The van der Waals surface area contributed by atoms with Gasteiger partial charge in [0.05, 0.1) is 5.60 Å². The number of rotatable bonds is 4. The number of hydrogen-bond donors (Lipinski definition) is 1. The minimum atomic E-state index is 0.113. The van der Waals surface area contributed by atoms with Crippen LogP contribution in [0.3, 0.4) is 0 Å². The van der Waals surface area contributed by atoms with Gasteiger partial charge in [0.25, 0.3) is 0 Å². The van der Waals surface area contributed by atoms with Gasteiger partial charge >= 0.3 is 0 Å². The van der Waals surface area contributed by atoms with Crippen molar-refractivity contribution in [3.8, 4) is 0 Å². The van der Waals surface area contributed by atoms with Crippen molar-refractivity contribution < 1.29 is 4.74 Å². The molecule has 3 nitrogen and oxygen atoms in total. The van der Waals surface area contributed by atoms with E-state index in [1.165, 1.54) is 45.1 Å². The highest BCUT2D eigenvalue weighted by atomic mass is 16.5. The molecule has 0 radical (unpaired) electrons. The second kappa shape index (κ2) is 5.94. The van der Waals surface area contributed by atoms with Gasteiger partial charge in [0.2, 0.25) is 0 Å². The minimum absolute atomic E-state index is 0.113. The average molecular weight is 280 g/mol. The molecule has 3 rings (SSSR count). The van der Waals surface area contributed by atoms with Crippen molar-refractivity contribution in [2.24, 2.45) is 5.92 Å². The Morgan fingerprint density at radius 3 is 2.55 bits per heavy atom. The lowest BCUT2D eigenvalue weighted by atomic mass is 9.88. The van der Waals surface area contributed by atoms with Crippen molar-refractivity contribution >= 4 is 0 Å². The Morgan fingerprint density at radius 2 is 1.90 bits per heavy atom. The summed E-state index contributed by atoms with van der Waals surface area (Å²) in [6.07, 6.45) is 9.19. The van der Waals surface area contributed by atoms with Crippen LogP contribution in [0.2, 0.25) is 0 Å². The molecule has 0 aromatic rings. The van der Waals surface area contributed by atoms with Crippen molar-refractivity contribution in [2.45, 2.75) is 82.5 Å². The zero-order chi connectivity index (χ0) is 14.2. The molecule has 116 valence electrons. The molecular formula is C17H32N2O. The molecule has 3 saturated heterocycles. The fourth-order valence-electron chi connectivity index (χ4n) is 4.57. The highest BCUT2D eigenvalue weighted by molar-refractivity contribution is 4.94. The van der Waals surface area contributed by atoms with Gasteiger partial charge in [0, 0.05) is 24.7 Å². The van der Waals surface area contributed by atoms with E-state index in [4.69, 9.17) is 4.74 Å². The summed E-state index contributed by atoms with van der Waals surface area (Å²) in [5.74, 6) is 0.902. The molecule has 4 atom stereocenters. The van der Waals surface area contributed by atoms with Gasteiger partial charge in [-0.2, -0.15) is 0 Å². The topological polar surface area (TPSA) is 24.5 Å². The van der Waals surface area contributed by atoms with Crippen LogP contribution in [0.15, 0.2) is 0 Å². The first-order valence-electron chi connectivity index (χ1n) is 8.69. The molecule has 0 aliphatic carbocycles. The van der Waals surface area contributed by atoms with E-state index in [1.807, 2.05) is 0 Å². The molecule has 0 amide bonds. The molecule has 3 heteroatoms. The van der Waals surface area contributed by atoms with Crippen molar-refractivity contribution in [3.05, 3.63) is 0 Å². The molecular weight excluding hydrogens is 248 g/mol. The van der Waals surface area contributed by atoms with Crippen molar-refractivity contribution in [1.82, 2.24) is 10.2 Å². The molecule has 4 unspecified atom stereocenters. The maximum absolute atomic E-state index is 5.95. The van der Waals surface area contributed by atoms with Crippen LogP contribution in [-0.4, -0.2) is 48.8 Å². The average Bonchev–Trinajstić information content (AvgIpc) is 2.67. The van der Waals surface area contributed by atoms with Crippen molar-refractivity contribution in [3.63, 3.8) is 0 Å². The van der Waals surface area contributed by atoms with E-state index in [0.717, 1.165) is 31.0 Å². The quantitative estimate of drug-likeness (QED) is 0.857. The Hall–Kier alpha value is -0.120. The van der Waals surface area contributed by atoms with Crippen LogP contribution in [-0.2, 0) is 4.74 Å². The zero-order valence-electron chi connectivity index (χ0n) is 13.5. The van der Waals surface area contributed by atoms with Crippen LogP contribution in [0.4, 0.5) is 0 Å². The Balaban J connectivity index is 1.46. The molecule has 0 spiro atoms. The van der Waals surface area contributed by atoms with Gasteiger partial charge in [-0.25, -0.2) is 0 Å². The molecule has 3 heterocycles. The summed E-state index contributed by atoms with van der Waals surface area (Å²) in [4.78, 5) is 2.64. The van der Waals surface area contributed by atoms with E-state index >= 15 is 0 Å². The SMILES string of the molecule is CCC1(C)CC(NCC2CC3CCC(C2)N3C)CCO1. The zero-order valence-corrected chi connectivity index (χ0v) is 13.5. The Labute approximate surface area is 124 Å². The van der Waals surface area contributed by atoms with E-state index in [2.05, 4.69) is 31.1 Å². The lowest BCUT2D eigenvalue weighted by Gasteiger charge is -2.40. The summed E-state index contributed by atoms with van der Waals surface area (Å²) in [6.45, 7) is 6.68.